The second-order valence-electron chi connectivity index (χ2n) is 5.07. The molecule has 1 aliphatic heterocycles. The van der Waals surface area contributed by atoms with Crippen molar-refractivity contribution in [3.8, 4) is 0 Å². The van der Waals surface area contributed by atoms with Gasteiger partial charge in [0.1, 0.15) is 0 Å². The number of ether oxygens (including phenoxy) is 1. The van der Waals surface area contributed by atoms with Crippen molar-refractivity contribution in [2.24, 2.45) is 5.73 Å². The average molecular weight is 284 g/mol. The molecule has 6 heteroatoms. The third kappa shape index (κ3) is 3.52. The fourth-order valence-electron chi connectivity index (χ4n) is 2.32. The van der Waals surface area contributed by atoms with Crippen molar-refractivity contribution in [1.82, 2.24) is 5.32 Å². The minimum atomic E-state index is -0.949. The van der Waals surface area contributed by atoms with Gasteiger partial charge in [0.2, 0.25) is 5.91 Å². The van der Waals surface area contributed by atoms with Crippen LogP contribution in [0.25, 0.3) is 0 Å². The Labute approximate surface area is 116 Å². The van der Waals surface area contributed by atoms with E-state index in [0.717, 1.165) is 12.1 Å². The Kier molecular flexibility index (Phi) is 4.67. The normalized spacial score (nSPS) is 17.8. The zero-order valence-electron chi connectivity index (χ0n) is 11.1. The van der Waals surface area contributed by atoms with E-state index in [1.54, 1.807) is 0 Å². The van der Waals surface area contributed by atoms with Crippen molar-refractivity contribution in [2.45, 2.75) is 24.8 Å². The fourth-order valence-corrected chi connectivity index (χ4v) is 2.32. The van der Waals surface area contributed by atoms with Crippen LogP contribution in [0.2, 0.25) is 0 Å². The van der Waals surface area contributed by atoms with E-state index in [9.17, 15) is 13.6 Å². The van der Waals surface area contributed by atoms with Gasteiger partial charge in [0.15, 0.2) is 11.6 Å². The van der Waals surface area contributed by atoms with Gasteiger partial charge < -0.3 is 15.8 Å². The monoisotopic (exact) mass is 284 g/mol. The maximum absolute atomic E-state index is 13.1. The number of nitrogens with two attached hydrogens (primary N) is 1. The minimum absolute atomic E-state index is 0.000191. The lowest BCUT2D eigenvalue weighted by atomic mass is 9.90. The molecule has 4 nitrogen and oxygen atoms in total. The molecular formula is C14H18F2N2O2. The van der Waals surface area contributed by atoms with Crippen LogP contribution in [0, 0.1) is 11.6 Å². The zero-order chi connectivity index (χ0) is 14.6. The molecule has 0 spiro atoms. The van der Waals surface area contributed by atoms with Gasteiger partial charge in [0, 0.05) is 19.8 Å². The maximum atomic E-state index is 13.1. The molecule has 1 aromatic carbocycles. The first-order valence-corrected chi connectivity index (χ1v) is 6.57. The van der Waals surface area contributed by atoms with Crippen molar-refractivity contribution in [3.63, 3.8) is 0 Å². The molecule has 20 heavy (non-hydrogen) atoms. The second-order valence-corrected chi connectivity index (χ2v) is 5.07. The quantitative estimate of drug-likeness (QED) is 0.871. The molecule has 0 aromatic heterocycles. The summed E-state index contributed by atoms with van der Waals surface area (Å²) in [6.45, 7) is 1.45. The van der Waals surface area contributed by atoms with Gasteiger partial charge in [-0.15, -0.1) is 0 Å². The van der Waals surface area contributed by atoms with E-state index in [0.29, 0.717) is 38.2 Å². The largest absolute Gasteiger partial charge is 0.381 e. The van der Waals surface area contributed by atoms with Crippen LogP contribution in [0.1, 0.15) is 18.4 Å². The molecule has 1 aliphatic rings. The Morgan fingerprint density at radius 3 is 2.60 bits per heavy atom. The molecule has 3 N–H and O–H groups in total. The molecule has 2 rings (SSSR count). The van der Waals surface area contributed by atoms with Crippen LogP contribution >= 0.6 is 0 Å². The summed E-state index contributed by atoms with van der Waals surface area (Å²) < 4.78 is 31.2. The van der Waals surface area contributed by atoms with Gasteiger partial charge >= 0.3 is 0 Å². The number of amides is 1. The highest BCUT2D eigenvalue weighted by atomic mass is 19.2. The third-order valence-electron chi connectivity index (χ3n) is 3.59. The Morgan fingerprint density at radius 2 is 2.00 bits per heavy atom. The summed E-state index contributed by atoms with van der Waals surface area (Å²) in [6.07, 6.45) is 1.32. The second kappa shape index (κ2) is 6.28. The van der Waals surface area contributed by atoms with Crippen LogP contribution in [-0.2, 0) is 16.0 Å². The number of halogens is 2. The molecule has 1 fully saturated rings. The number of nitrogens with one attached hydrogen (secondary N) is 1. The predicted molar refractivity (Wildman–Crippen MR) is 70.0 cm³/mol. The van der Waals surface area contributed by atoms with E-state index < -0.39 is 17.2 Å². The van der Waals surface area contributed by atoms with Gasteiger partial charge in [0.25, 0.3) is 0 Å². The molecule has 0 unspecified atom stereocenters. The number of hydrogen-bond donors (Lipinski definition) is 2. The molecule has 0 radical (unpaired) electrons. The fraction of sp³-hybridized carbons (Fsp3) is 0.500. The number of benzene rings is 1. The van der Waals surface area contributed by atoms with Crippen LogP contribution < -0.4 is 11.1 Å². The van der Waals surface area contributed by atoms with Gasteiger partial charge in [-0.1, -0.05) is 6.07 Å². The predicted octanol–water partition coefficient (Wildman–Crippen LogP) is 1.13. The molecule has 0 atom stereocenters. The van der Waals surface area contributed by atoms with E-state index in [1.807, 2.05) is 0 Å². The van der Waals surface area contributed by atoms with Crippen LogP contribution in [-0.4, -0.2) is 31.2 Å². The third-order valence-corrected chi connectivity index (χ3v) is 3.59. The topological polar surface area (TPSA) is 64.3 Å². The number of carbonyl (C=O) groups excluding carboxylic acids is 1. The smallest absolute Gasteiger partial charge is 0.224 e. The molecule has 110 valence electrons. The SMILES string of the molecule is NCC1(NC(=O)Cc2ccc(F)c(F)c2)CCOCC1. The zero-order valence-corrected chi connectivity index (χ0v) is 11.1. The molecule has 1 aromatic rings. The first-order chi connectivity index (χ1) is 9.54. The van der Waals surface area contributed by atoms with Crippen molar-refractivity contribution < 1.29 is 18.3 Å². The maximum Gasteiger partial charge on any atom is 0.224 e. The Morgan fingerprint density at radius 1 is 1.30 bits per heavy atom. The molecule has 1 amide bonds. The summed E-state index contributed by atoms with van der Waals surface area (Å²) in [5.74, 6) is -2.12. The van der Waals surface area contributed by atoms with Crippen molar-refractivity contribution >= 4 is 5.91 Å². The lowest BCUT2D eigenvalue weighted by Crippen LogP contribution is -2.57. The van der Waals surface area contributed by atoms with Crippen molar-refractivity contribution in [3.05, 3.63) is 35.4 Å². The van der Waals surface area contributed by atoms with E-state index in [-0.39, 0.29) is 12.3 Å². The average Bonchev–Trinajstić information content (AvgIpc) is 2.44. The summed E-state index contributed by atoms with van der Waals surface area (Å²) in [5, 5.41) is 2.90. The lowest BCUT2D eigenvalue weighted by molar-refractivity contribution is -0.123. The highest BCUT2D eigenvalue weighted by Crippen LogP contribution is 2.19. The lowest BCUT2D eigenvalue weighted by Gasteiger charge is -2.37. The molecule has 0 saturated carbocycles. The van der Waals surface area contributed by atoms with E-state index in [1.165, 1.54) is 6.07 Å². The van der Waals surface area contributed by atoms with E-state index >= 15 is 0 Å². The van der Waals surface area contributed by atoms with Gasteiger partial charge in [0.05, 0.1) is 12.0 Å². The van der Waals surface area contributed by atoms with E-state index in [2.05, 4.69) is 5.32 Å². The van der Waals surface area contributed by atoms with Crippen molar-refractivity contribution in [1.29, 1.82) is 0 Å². The van der Waals surface area contributed by atoms with Gasteiger partial charge in [-0.2, -0.15) is 0 Å². The molecule has 1 heterocycles. The standard InChI is InChI=1S/C14H18F2N2O2/c15-11-2-1-10(7-12(11)16)8-13(19)18-14(9-17)3-5-20-6-4-14/h1-2,7H,3-6,8-9,17H2,(H,18,19). The first-order valence-electron chi connectivity index (χ1n) is 6.57. The summed E-state index contributed by atoms with van der Waals surface area (Å²) >= 11 is 0. The van der Waals surface area contributed by atoms with E-state index in [4.69, 9.17) is 10.5 Å². The summed E-state index contributed by atoms with van der Waals surface area (Å²) in [6, 6.07) is 3.45. The molecule has 1 saturated heterocycles. The van der Waals surface area contributed by atoms with Crippen molar-refractivity contribution in [2.75, 3.05) is 19.8 Å². The number of carbonyl (C=O) groups is 1. The molecular weight excluding hydrogens is 266 g/mol. The number of hydrogen-bond acceptors (Lipinski definition) is 3. The summed E-state index contributed by atoms with van der Waals surface area (Å²) in [5.41, 5.74) is 5.72. The Bertz CT molecular complexity index is 488. The number of rotatable bonds is 4. The Hall–Kier alpha value is -1.53. The van der Waals surface area contributed by atoms with Crippen LogP contribution in [0.3, 0.4) is 0 Å². The molecule has 0 bridgehead atoms. The van der Waals surface area contributed by atoms with Gasteiger partial charge in [-0.05, 0) is 30.5 Å². The first kappa shape index (κ1) is 14.9. The van der Waals surface area contributed by atoms with Gasteiger partial charge in [-0.25, -0.2) is 8.78 Å². The summed E-state index contributed by atoms with van der Waals surface area (Å²) in [7, 11) is 0. The van der Waals surface area contributed by atoms with Crippen LogP contribution in [0.5, 0.6) is 0 Å². The Balaban J connectivity index is 1.98. The minimum Gasteiger partial charge on any atom is -0.381 e. The highest BCUT2D eigenvalue weighted by Gasteiger charge is 2.32. The van der Waals surface area contributed by atoms with Crippen LogP contribution in [0.15, 0.2) is 18.2 Å². The summed E-state index contributed by atoms with van der Waals surface area (Å²) in [4.78, 5) is 12.0. The van der Waals surface area contributed by atoms with Gasteiger partial charge in [-0.3, -0.25) is 4.79 Å². The van der Waals surface area contributed by atoms with Crippen LogP contribution in [0.4, 0.5) is 8.78 Å². The highest BCUT2D eigenvalue weighted by molar-refractivity contribution is 5.79. The molecule has 0 aliphatic carbocycles.